The van der Waals surface area contributed by atoms with Gasteiger partial charge in [0.05, 0.1) is 52.4 Å². The van der Waals surface area contributed by atoms with E-state index in [9.17, 15) is 5.26 Å². The number of hydrogen-bond acceptors (Lipinski definition) is 6. The maximum absolute atomic E-state index is 9.82. The number of benzene rings is 3. The maximum atomic E-state index is 9.82. The van der Waals surface area contributed by atoms with Crippen molar-refractivity contribution >= 4 is 21.9 Å². The van der Waals surface area contributed by atoms with Crippen LogP contribution in [-0.2, 0) is 6.54 Å². The van der Waals surface area contributed by atoms with Gasteiger partial charge in [-0.3, -0.25) is 9.78 Å². The Morgan fingerprint density at radius 2 is 1.82 bits per heavy atom. The third-order valence-corrected chi connectivity index (χ3v) is 5.77. The van der Waals surface area contributed by atoms with Crippen LogP contribution >= 0.6 is 0 Å². The Morgan fingerprint density at radius 3 is 2.65 bits per heavy atom. The van der Waals surface area contributed by atoms with Gasteiger partial charge in [0.1, 0.15) is 11.6 Å². The second-order valence-electron chi connectivity index (χ2n) is 7.83. The zero-order valence-electron chi connectivity index (χ0n) is 17.7. The molecule has 160 valence electrons. The lowest BCUT2D eigenvalue weighted by Gasteiger charge is -2.10. The van der Waals surface area contributed by atoms with Crippen molar-refractivity contribution in [1.82, 2.24) is 35.0 Å². The molecule has 0 spiro atoms. The van der Waals surface area contributed by atoms with E-state index in [2.05, 4.69) is 37.7 Å². The Hall–Kier alpha value is -5.28. The van der Waals surface area contributed by atoms with E-state index in [4.69, 9.17) is 5.26 Å². The molecule has 9 heteroatoms. The minimum atomic E-state index is 0.437. The summed E-state index contributed by atoms with van der Waals surface area (Å²) in [5.74, 6) is 0. The first-order chi connectivity index (χ1) is 16.7. The van der Waals surface area contributed by atoms with E-state index in [1.54, 1.807) is 29.2 Å². The first-order valence-electron chi connectivity index (χ1n) is 10.5. The summed E-state index contributed by atoms with van der Waals surface area (Å²) in [5, 5.41) is 40.0. The fourth-order valence-corrected chi connectivity index (χ4v) is 4.07. The average Bonchev–Trinajstić information content (AvgIpc) is 3.62. The van der Waals surface area contributed by atoms with Crippen molar-refractivity contribution in [2.75, 3.05) is 0 Å². The molecule has 1 N–H and O–H groups in total. The monoisotopic (exact) mass is 441 g/mol. The Balaban J connectivity index is 1.46. The molecule has 3 heterocycles. The van der Waals surface area contributed by atoms with E-state index in [0.717, 1.165) is 38.9 Å². The number of aromatic nitrogens is 7. The Morgan fingerprint density at radius 1 is 0.941 bits per heavy atom. The Bertz CT molecular complexity index is 1750. The van der Waals surface area contributed by atoms with E-state index >= 15 is 0 Å². The van der Waals surface area contributed by atoms with Gasteiger partial charge in [-0.25, -0.2) is 4.68 Å². The van der Waals surface area contributed by atoms with Gasteiger partial charge in [0.2, 0.25) is 0 Å². The molecular formula is C25H15N9. The number of nitrogens with one attached hydrogen (secondary N) is 1. The van der Waals surface area contributed by atoms with Crippen LogP contribution in [0.5, 0.6) is 0 Å². The number of fused-ring (bicyclic) bond motifs is 2. The molecule has 0 bridgehead atoms. The number of rotatable bonds is 4. The third kappa shape index (κ3) is 3.17. The Labute approximate surface area is 193 Å². The summed E-state index contributed by atoms with van der Waals surface area (Å²) in [6.07, 6.45) is 3.50. The number of nitriles is 2. The van der Waals surface area contributed by atoms with Gasteiger partial charge in [0.15, 0.2) is 0 Å². The molecule has 6 rings (SSSR count). The highest BCUT2D eigenvalue weighted by Crippen LogP contribution is 2.29. The predicted octanol–water partition coefficient (Wildman–Crippen LogP) is 3.95. The zero-order chi connectivity index (χ0) is 23.1. The van der Waals surface area contributed by atoms with Crippen molar-refractivity contribution in [2.24, 2.45) is 0 Å². The second kappa shape index (κ2) is 7.69. The van der Waals surface area contributed by atoms with Gasteiger partial charge in [-0.05, 0) is 54.1 Å². The molecule has 0 radical (unpaired) electrons. The summed E-state index contributed by atoms with van der Waals surface area (Å²) in [6.45, 7) is 0.530. The van der Waals surface area contributed by atoms with Gasteiger partial charge in [0, 0.05) is 17.1 Å². The number of aromatic amines is 1. The van der Waals surface area contributed by atoms with E-state index in [-0.39, 0.29) is 0 Å². The minimum Gasteiger partial charge on any atom is -0.278 e. The number of nitrogens with zero attached hydrogens (tertiary/aromatic N) is 8. The molecule has 3 aromatic carbocycles. The van der Waals surface area contributed by atoms with Crippen LogP contribution in [0.3, 0.4) is 0 Å². The van der Waals surface area contributed by atoms with Gasteiger partial charge in [-0.1, -0.05) is 17.3 Å². The predicted molar refractivity (Wildman–Crippen MR) is 125 cm³/mol. The minimum absolute atomic E-state index is 0.437. The SMILES string of the molecule is N#Cc1ccc(Cn2nccc2-c2cc(C#N)c3nnn(-c4ccc5cn[nH]c5c4)c3c2)cc1. The Kier molecular flexibility index (Phi) is 4.39. The van der Waals surface area contributed by atoms with Crippen molar-refractivity contribution in [3.63, 3.8) is 0 Å². The maximum Gasteiger partial charge on any atom is 0.131 e. The van der Waals surface area contributed by atoms with Crippen molar-refractivity contribution < 1.29 is 0 Å². The molecule has 0 saturated heterocycles. The molecule has 6 aromatic rings. The molecule has 0 aliphatic heterocycles. The van der Waals surface area contributed by atoms with Gasteiger partial charge in [-0.15, -0.1) is 5.10 Å². The average molecular weight is 441 g/mol. The fraction of sp³-hybridized carbons (Fsp3) is 0.0400. The summed E-state index contributed by atoms with van der Waals surface area (Å²) < 4.78 is 3.59. The van der Waals surface area contributed by atoms with Crippen LogP contribution in [-0.4, -0.2) is 35.0 Å². The lowest BCUT2D eigenvalue weighted by atomic mass is 10.1. The van der Waals surface area contributed by atoms with Crippen molar-refractivity contribution in [3.8, 4) is 29.1 Å². The van der Waals surface area contributed by atoms with Crippen molar-refractivity contribution in [3.05, 3.63) is 89.7 Å². The molecule has 0 unspecified atom stereocenters. The van der Waals surface area contributed by atoms with Crippen LogP contribution in [0.1, 0.15) is 16.7 Å². The van der Waals surface area contributed by atoms with Crippen LogP contribution in [0.25, 0.3) is 38.9 Å². The molecule has 34 heavy (non-hydrogen) atoms. The van der Waals surface area contributed by atoms with Gasteiger partial charge >= 0.3 is 0 Å². The van der Waals surface area contributed by atoms with Gasteiger partial charge in [-0.2, -0.15) is 20.7 Å². The summed E-state index contributed by atoms with van der Waals surface area (Å²) >= 11 is 0. The van der Waals surface area contributed by atoms with Gasteiger partial charge in [0.25, 0.3) is 0 Å². The van der Waals surface area contributed by atoms with E-state index < -0.39 is 0 Å². The molecule has 3 aromatic heterocycles. The van der Waals surface area contributed by atoms with Crippen molar-refractivity contribution in [2.45, 2.75) is 6.54 Å². The highest BCUT2D eigenvalue weighted by Gasteiger charge is 2.16. The van der Waals surface area contributed by atoms with Crippen LogP contribution in [0.2, 0.25) is 0 Å². The second-order valence-corrected chi connectivity index (χ2v) is 7.83. The van der Waals surface area contributed by atoms with Crippen LogP contribution < -0.4 is 0 Å². The molecule has 9 nitrogen and oxygen atoms in total. The number of hydrogen-bond donors (Lipinski definition) is 1. The van der Waals surface area contributed by atoms with E-state index in [0.29, 0.717) is 23.2 Å². The molecule has 0 aliphatic rings. The van der Waals surface area contributed by atoms with Crippen molar-refractivity contribution in [1.29, 1.82) is 10.5 Å². The fourth-order valence-electron chi connectivity index (χ4n) is 4.07. The standard InChI is InChI=1S/C25H15N9/c26-12-16-1-3-17(4-2-16)15-33-23(7-8-29-33)19-9-20(13-27)25-24(10-19)34(32-31-25)21-6-5-18-14-28-30-22(18)11-21/h1-11,14H,15H2,(H,28,30). The quantitative estimate of drug-likeness (QED) is 0.442. The smallest absolute Gasteiger partial charge is 0.131 e. The van der Waals surface area contributed by atoms with Gasteiger partial charge < -0.3 is 0 Å². The molecule has 0 aliphatic carbocycles. The first-order valence-corrected chi connectivity index (χ1v) is 10.5. The summed E-state index contributed by atoms with van der Waals surface area (Å²) in [4.78, 5) is 0. The highest BCUT2D eigenvalue weighted by atomic mass is 15.4. The lowest BCUT2D eigenvalue weighted by Crippen LogP contribution is -2.04. The van der Waals surface area contributed by atoms with Crippen LogP contribution in [0.4, 0.5) is 0 Å². The largest absolute Gasteiger partial charge is 0.278 e. The highest BCUT2D eigenvalue weighted by molar-refractivity contribution is 5.88. The first kappa shape index (κ1) is 19.4. The van der Waals surface area contributed by atoms with E-state index in [1.165, 1.54) is 0 Å². The zero-order valence-corrected chi connectivity index (χ0v) is 17.7. The number of H-pyrrole nitrogens is 1. The van der Waals surface area contributed by atoms with E-state index in [1.807, 2.05) is 53.2 Å². The molecule has 0 atom stereocenters. The molecule has 0 saturated carbocycles. The summed E-state index contributed by atoms with van der Waals surface area (Å²) in [6, 6.07) is 23.3. The molecule has 0 fully saturated rings. The lowest BCUT2D eigenvalue weighted by molar-refractivity contribution is 0.694. The summed E-state index contributed by atoms with van der Waals surface area (Å²) in [7, 11) is 0. The normalized spacial score (nSPS) is 11.0. The molecular weight excluding hydrogens is 426 g/mol. The van der Waals surface area contributed by atoms with Crippen LogP contribution in [0, 0.1) is 22.7 Å². The summed E-state index contributed by atoms with van der Waals surface area (Å²) in [5.41, 5.74) is 6.72. The topological polar surface area (TPSA) is 125 Å². The third-order valence-electron chi connectivity index (χ3n) is 5.77. The van der Waals surface area contributed by atoms with Crippen LogP contribution in [0.15, 0.2) is 73.1 Å². The molecule has 0 amide bonds.